The molecule has 0 bridgehead atoms. The van der Waals surface area contributed by atoms with Gasteiger partial charge in [-0.25, -0.2) is 13.2 Å². The molecule has 2 atom stereocenters. The molecule has 0 saturated carbocycles. The number of halogens is 4. The fourth-order valence-corrected chi connectivity index (χ4v) is 2.13. The molecular weight excluding hydrogens is 293 g/mol. The highest BCUT2D eigenvalue weighted by Gasteiger charge is 2.25. The quantitative estimate of drug-likeness (QED) is 0.823. The molecular formula is C13H16ClF3N2O. The second kappa shape index (κ2) is 6.95. The van der Waals surface area contributed by atoms with Crippen LogP contribution >= 0.6 is 12.4 Å². The molecule has 7 heteroatoms. The van der Waals surface area contributed by atoms with E-state index in [-0.39, 0.29) is 24.4 Å². The van der Waals surface area contributed by atoms with Gasteiger partial charge < -0.3 is 10.6 Å². The van der Waals surface area contributed by atoms with Crippen molar-refractivity contribution in [3.05, 3.63) is 35.1 Å². The van der Waals surface area contributed by atoms with E-state index in [0.717, 1.165) is 25.1 Å². The molecule has 1 aromatic carbocycles. The standard InChI is InChI=1S/C13H15F3N2O.ClH/c1-7-4-5-17-6-10(7)18-13(19)8-2-3-9(14)12(16)11(8)15;/h2-3,7,10,17H,4-6H2,1H3,(H,18,19);1H. The van der Waals surface area contributed by atoms with Crippen molar-refractivity contribution in [2.24, 2.45) is 5.92 Å². The number of carbonyl (C=O) groups is 1. The number of hydrogen-bond donors (Lipinski definition) is 2. The molecule has 0 aromatic heterocycles. The zero-order valence-corrected chi connectivity index (χ0v) is 11.7. The van der Waals surface area contributed by atoms with E-state index >= 15 is 0 Å². The molecule has 1 aromatic rings. The van der Waals surface area contributed by atoms with Crippen LogP contribution in [0, 0.1) is 23.4 Å². The highest BCUT2D eigenvalue weighted by molar-refractivity contribution is 5.94. The van der Waals surface area contributed by atoms with E-state index in [1.54, 1.807) is 0 Å². The lowest BCUT2D eigenvalue weighted by molar-refractivity contribution is 0.0910. The number of benzene rings is 1. The highest BCUT2D eigenvalue weighted by Crippen LogP contribution is 2.17. The predicted octanol–water partition coefficient (Wildman–Crippen LogP) is 2.25. The van der Waals surface area contributed by atoms with Crippen LogP contribution in [0.15, 0.2) is 12.1 Å². The molecule has 1 aliphatic rings. The van der Waals surface area contributed by atoms with Gasteiger partial charge in [0.25, 0.3) is 5.91 Å². The Bertz CT molecular complexity index is 499. The van der Waals surface area contributed by atoms with Gasteiger partial charge in [0.1, 0.15) is 0 Å². The predicted molar refractivity (Wildman–Crippen MR) is 71.5 cm³/mol. The van der Waals surface area contributed by atoms with Gasteiger partial charge in [0.15, 0.2) is 17.5 Å². The van der Waals surface area contributed by atoms with Crippen molar-refractivity contribution in [3.63, 3.8) is 0 Å². The van der Waals surface area contributed by atoms with Crippen LogP contribution in [0.1, 0.15) is 23.7 Å². The summed E-state index contributed by atoms with van der Waals surface area (Å²) in [5.74, 6) is -4.85. The number of amides is 1. The molecule has 2 N–H and O–H groups in total. The summed E-state index contributed by atoms with van der Waals surface area (Å²) in [5, 5.41) is 5.76. The van der Waals surface area contributed by atoms with Crippen LogP contribution in [0.2, 0.25) is 0 Å². The summed E-state index contributed by atoms with van der Waals surface area (Å²) in [6.07, 6.45) is 0.894. The second-order valence-corrected chi connectivity index (χ2v) is 4.77. The smallest absolute Gasteiger partial charge is 0.254 e. The summed E-state index contributed by atoms with van der Waals surface area (Å²) in [6.45, 7) is 3.43. The van der Waals surface area contributed by atoms with Gasteiger partial charge in [-0.05, 0) is 31.0 Å². The minimum Gasteiger partial charge on any atom is -0.348 e. The van der Waals surface area contributed by atoms with E-state index in [0.29, 0.717) is 6.54 Å². The van der Waals surface area contributed by atoms with Crippen molar-refractivity contribution >= 4 is 18.3 Å². The van der Waals surface area contributed by atoms with E-state index in [2.05, 4.69) is 10.6 Å². The number of rotatable bonds is 2. The summed E-state index contributed by atoms with van der Waals surface area (Å²) in [6, 6.07) is 1.55. The first-order valence-electron chi connectivity index (χ1n) is 6.15. The summed E-state index contributed by atoms with van der Waals surface area (Å²) in [7, 11) is 0. The first-order chi connectivity index (χ1) is 9.00. The van der Waals surface area contributed by atoms with Crippen LogP contribution in [0.3, 0.4) is 0 Å². The van der Waals surface area contributed by atoms with Crippen LogP contribution in [0.4, 0.5) is 13.2 Å². The topological polar surface area (TPSA) is 41.1 Å². The average Bonchev–Trinajstić information content (AvgIpc) is 2.39. The first kappa shape index (κ1) is 16.8. The lowest BCUT2D eigenvalue weighted by Gasteiger charge is -2.30. The van der Waals surface area contributed by atoms with Crippen LogP contribution in [-0.2, 0) is 0 Å². The summed E-state index contributed by atoms with van der Waals surface area (Å²) >= 11 is 0. The van der Waals surface area contributed by atoms with E-state index < -0.39 is 28.9 Å². The van der Waals surface area contributed by atoms with Crippen molar-refractivity contribution in [1.82, 2.24) is 10.6 Å². The highest BCUT2D eigenvalue weighted by atomic mass is 35.5. The zero-order chi connectivity index (χ0) is 14.0. The third kappa shape index (κ3) is 3.43. The van der Waals surface area contributed by atoms with Gasteiger partial charge in [0, 0.05) is 12.6 Å². The molecule has 1 aliphatic heterocycles. The number of piperidine rings is 1. The maximum Gasteiger partial charge on any atom is 0.254 e. The van der Waals surface area contributed by atoms with Crippen molar-refractivity contribution in [2.45, 2.75) is 19.4 Å². The zero-order valence-electron chi connectivity index (χ0n) is 10.9. The lowest BCUT2D eigenvalue weighted by atomic mass is 9.94. The Labute approximate surface area is 121 Å². The molecule has 2 rings (SSSR count). The molecule has 1 heterocycles. The Morgan fingerprint density at radius 3 is 2.65 bits per heavy atom. The van der Waals surface area contributed by atoms with Gasteiger partial charge in [-0.15, -0.1) is 12.4 Å². The summed E-state index contributed by atoms with van der Waals surface area (Å²) < 4.78 is 39.3. The van der Waals surface area contributed by atoms with E-state index in [1.807, 2.05) is 6.92 Å². The maximum absolute atomic E-state index is 13.5. The number of hydrogen-bond acceptors (Lipinski definition) is 2. The van der Waals surface area contributed by atoms with Gasteiger partial charge in [-0.3, -0.25) is 4.79 Å². The Morgan fingerprint density at radius 1 is 1.30 bits per heavy atom. The van der Waals surface area contributed by atoms with Crippen molar-refractivity contribution in [3.8, 4) is 0 Å². The maximum atomic E-state index is 13.5. The lowest BCUT2D eigenvalue weighted by Crippen LogP contribution is -2.50. The van der Waals surface area contributed by atoms with E-state index in [4.69, 9.17) is 0 Å². The molecule has 0 radical (unpaired) electrons. The summed E-state index contributed by atoms with van der Waals surface area (Å²) in [4.78, 5) is 11.9. The first-order valence-corrected chi connectivity index (χ1v) is 6.15. The molecule has 2 unspecified atom stereocenters. The van der Waals surface area contributed by atoms with Crippen LogP contribution in [-0.4, -0.2) is 25.0 Å². The number of nitrogens with one attached hydrogen (secondary N) is 2. The monoisotopic (exact) mass is 308 g/mol. The normalized spacial score (nSPS) is 22.0. The van der Waals surface area contributed by atoms with Gasteiger partial charge in [-0.1, -0.05) is 6.92 Å². The second-order valence-electron chi connectivity index (χ2n) is 4.77. The van der Waals surface area contributed by atoms with Crippen LogP contribution in [0.25, 0.3) is 0 Å². The molecule has 1 amide bonds. The minimum atomic E-state index is -1.62. The van der Waals surface area contributed by atoms with Crippen LogP contribution in [0.5, 0.6) is 0 Å². The Morgan fingerprint density at radius 2 is 2.00 bits per heavy atom. The minimum absolute atomic E-state index is 0. The Hall–Kier alpha value is -1.27. The number of carbonyl (C=O) groups excluding carboxylic acids is 1. The third-order valence-electron chi connectivity index (χ3n) is 3.42. The summed E-state index contributed by atoms with van der Waals surface area (Å²) in [5.41, 5.74) is -0.475. The van der Waals surface area contributed by atoms with Gasteiger partial charge in [-0.2, -0.15) is 0 Å². The average molecular weight is 309 g/mol. The van der Waals surface area contributed by atoms with Crippen molar-refractivity contribution < 1.29 is 18.0 Å². The van der Waals surface area contributed by atoms with E-state index in [9.17, 15) is 18.0 Å². The fraction of sp³-hybridized carbons (Fsp3) is 0.462. The fourth-order valence-electron chi connectivity index (χ4n) is 2.13. The largest absolute Gasteiger partial charge is 0.348 e. The third-order valence-corrected chi connectivity index (χ3v) is 3.42. The van der Waals surface area contributed by atoms with Crippen LogP contribution < -0.4 is 10.6 Å². The van der Waals surface area contributed by atoms with E-state index in [1.165, 1.54) is 0 Å². The van der Waals surface area contributed by atoms with Gasteiger partial charge in [0.2, 0.25) is 0 Å². The van der Waals surface area contributed by atoms with Gasteiger partial charge >= 0.3 is 0 Å². The molecule has 0 spiro atoms. The molecule has 3 nitrogen and oxygen atoms in total. The Balaban J connectivity index is 0.00000200. The molecule has 112 valence electrons. The molecule has 1 saturated heterocycles. The van der Waals surface area contributed by atoms with Crippen molar-refractivity contribution in [2.75, 3.05) is 13.1 Å². The SMILES string of the molecule is CC1CCNCC1NC(=O)c1ccc(F)c(F)c1F.Cl. The molecule has 20 heavy (non-hydrogen) atoms. The molecule has 0 aliphatic carbocycles. The Kier molecular flexibility index (Phi) is 5.83. The molecule has 1 fully saturated rings. The van der Waals surface area contributed by atoms with Gasteiger partial charge in [0.05, 0.1) is 5.56 Å². The van der Waals surface area contributed by atoms with Crippen molar-refractivity contribution in [1.29, 1.82) is 0 Å².